The van der Waals surface area contributed by atoms with Gasteiger partial charge in [0, 0.05) is 46.4 Å². The normalized spacial score (nSPS) is 22.3. The molecule has 0 radical (unpaired) electrons. The van der Waals surface area contributed by atoms with Crippen molar-refractivity contribution in [2.75, 3.05) is 0 Å². The highest BCUT2D eigenvalue weighted by Crippen LogP contribution is 2.47. The molecule has 6 rings (SSSR count). The second-order valence-electron chi connectivity index (χ2n) is 8.53. The van der Waals surface area contributed by atoms with Gasteiger partial charge in [-0.15, -0.1) is 11.3 Å². The van der Waals surface area contributed by atoms with Crippen LogP contribution in [0.4, 0.5) is 4.39 Å². The van der Waals surface area contributed by atoms with Gasteiger partial charge in [0.05, 0.1) is 12.2 Å². The molecule has 0 aliphatic carbocycles. The molecule has 3 atom stereocenters. The largest absolute Gasteiger partial charge is 0.287 e. The van der Waals surface area contributed by atoms with E-state index in [1.54, 1.807) is 36.1 Å². The first-order valence-corrected chi connectivity index (χ1v) is 11.9. The molecule has 0 amide bonds. The summed E-state index contributed by atoms with van der Waals surface area (Å²) in [5.41, 5.74) is 4.42. The predicted octanol–water partition coefficient (Wildman–Crippen LogP) is 5.48. The fourth-order valence-corrected chi connectivity index (χ4v) is 6.43. The maximum Gasteiger partial charge on any atom is 0.137 e. The monoisotopic (exact) mass is 465 g/mol. The van der Waals surface area contributed by atoms with Gasteiger partial charge in [0.25, 0.3) is 0 Å². The Morgan fingerprint density at radius 2 is 2.09 bits per heavy atom. The zero-order chi connectivity index (χ0) is 21.8. The zero-order valence-corrected chi connectivity index (χ0v) is 19.0. The summed E-state index contributed by atoms with van der Waals surface area (Å²) in [6.07, 6.45) is 4.09. The molecule has 2 aromatic carbocycles. The summed E-state index contributed by atoms with van der Waals surface area (Å²) in [5, 5.41) is 6.01. The van der Waals surface area contributed by atoms with Crippen LogP contribution in [0.2, 0.25) is 5.02 Å². The standard InChI is InChI=1S/C24H21ClFN5S/c1-14-20(10-30-13-27-12-28-30)18-6-5-17(26)8-19(18)22-9-21-23(11-31(14)22)32-24(29-21)15-3-2-4-16(25)7-15/h2-8,12-14,20,22H,9-11H2,1H3. The molecule has 0 saturated carbocycles. The number of benzene rings is 2. The minimum Gasteiger partial charge on any atom is -0.287 e. The Morgan fingerprint density at radius 1 is 1.19 bits per heavy atom. The highest BCUT2D eigenvalue weighted by Gasteiger charge is 2.42. The van der Waals surface area contributed by atoms with Gasteiger partial charge in [-0.25, -0.2) is 14.4 Å². The van der Waals surface area contributed by atoms with Gasteiger partial charge in [-0.2, -0.15) is 5.10 Å². The van der Waals surface area contributed by atoms with E-state index in [0.717, 1.165) is 34.8 Å². The first-order valence-electron chi connectivity index (χ1n) is 10.7. The Bertz CT molecular complexity index is 1290. The summed E-state index contributed by atoms with van der Waals surface area (Å²) in [6.45, 7) is 3.79. The van der Waals surface area contributed by atoms with Crippen molar-refractivity contribution in [3.8, 4) is 10.6 Å². The first-order chi connectivity index (χ1) is 15.6. The molecule has 2 aromatic heterocycles. The van der Waals surface area contributed by atoms with Crippen molar-refractivity contribution in [2.24, 2.45) is 0 Å². The van der Waals surface area contributed by atoms with E-state index in [2.05, 4.69) is 21.9 Å². The van der Waals surface area contributed by atoms with Crippen LogP contribution >= 0.6 is 22.9 Å². The lowest BCUT2D eigenvalue weighted by Gasteiger charge is -2.48. The third-order valence-electron chi connectivity index (χ3n) is 6.73. The van der Waals surface area contributed by atoms with Crippen molar-refractivity contribution >= 4 is 22.9 Å². The van der Waals surface area contributed by atoms with Gasteiger partial charge in [-0.1, -0.05) is 29.8 Å². The Morgan fingerprint density at radius 3 is 2.91 bits per heavy atom. The molecule has 3 unspecified atom stereocenters. The number of aromatic nitrogens is 4. The van der Waals surface area contributed by atoms with E-state index in [9.17, 15) is 4.39 Å². The van der Waals surface area contributed by atoms with Gasteiger partial charge >= 0.3 is 0 Å². The molecule has 162 valence electrons. The van der Waals surface area contributed by atoms with Crippen molar-refractivity contribution in [3.63, 3.8) is 0 Å². The minimum atomic E-state index is -0.193. The fourth-order valence-electron chi connectivity index (χ4n) is 5.15. The van der Waals surface area contributed by atoms with Gasteiger partial charge in [-0.3, -0.25) is 9.58 Å². The molecule has 8 heteroatoms. The lowest BCUT2D eigenvalue weighted by molar-refractivity contribution is 0.0807. The van der Waals surface area contributed by atoms with Crippen LogP contribution in [0.1, 0.15) is 40.6 Å². The summed E-state index contributed by atoms with van der Waals surface area (Å²) in [4.78, 5) is 12.9. The highest BCUT2D eigenvalue weighted by molar-refractivity contribution is 7.15. The Balaban J connectivity index is 1.40. The fraction of sp³-hybridized carbons (Fsp3) is 0.292. The van der Waals surface area contributed by atoms with Crippen LogP contribution in [-0.4, -0.2) is 30.7 Å². The van der Waals surface area contributed by atoms with Crippen LogP contribution in [0.3, 0.4) is 0 Å². The lowest BCUT2D eigenvalue weighted by atomic mass is 9.77. The SMILES string of the molecule is CC1C(Cn2cncn2)c2ccc(F)cc2C2Cc3nc(-c4cccc(Cl)c4)sc3CN21. The van der Waals surface area contributed by atoms with Crippen molar-refractivity contribution in [2.45, 2.75) is 44.4 Å². The lowest BCUT2D eigenvalue weighted by Crippen LogP contribution is -2.48. The third-order valence-corrected chi connectivity index (χ3v) is 8.09. The van der Waals surface area contributed by atoms with E-state index in [4.69, 9.17) is 16.6 Å². The molecule has 0 fully saturated rings. The van der Waals surface area contributed by atoms with E-state index in [-0.39, 0.29) is 23.8 Å². The molecule has 4 heterocycles. The molecule has 0 saturated heterocycles. The second-order valence-corrected chi connectivity index (χ2v) is 10.0. The van der Waals surface area contributed by atoms with E-state index < -0.39 is 0 Å². The Labute approximate surface area is 194 Å². The summed E-state index contributed by atoms with van der Waals surface area (Å²) in [7, 11) is 0. The van der Waals surface area contributed by atoms with Crippen molar-refractivity contribution < 1.29 is 4.39 Å². The smallest absolute Gasteiger partial charge is 0.137 e. The van der Waals surface area contributed by atoms with Gasteiger partial charge in [0.1, 0.15) is 23.5 Å². The predicted molar refractivity (Wildman–Crippen MR) is 123 cm³/mol. The van der Waals surface area contributed by atoms with Crippen LogP contribution in [0.5, 0.6) is 0 Å². The number of hydrogen-bond acceptors (Lipinski definition) is 5. The molecular weight excluding hydrogens is 445 g/mol. The number of fused-ring (bicyclic) bond motifs is 4. The van der Waals surface area contributed by atoms with Crippen molar-refractivity contribution in [1.29, 1.82) is 0 Å². The van der Waals surface area contributed by atoms with Crippen molar-refractivity contribution in [3.05, 3.63) is 87.7 Å². The van der Waals surface area contributed by atoms with Crippen LogP contribution in [0.15, 0.2) is 55.1 Å². The number of hydrogen-bond donors (Lipinski definition) is 0. The van der Waals surface area contributed by atoms with Crippen LogP contribution in [0.25, 0.3) is 10.6 Å². The van der Waals surface area contributed by atoms with Crippen LogP contribution in [0, 0.1) is 5.82 Å². The van der Waals surface area contributed by atoms with Crippen molar-refractivity contribution in [1.82, 2.24) is 24.6 Å². The molecule has 0 spiro atoms. The molecule has 5 nitrogen and oxygen atoms in total. The van der Waals surface area contributed by atoms with E-state index in [1.807, 2.05) is 35.0 Å². The number of thiazole rings is 1. The summed E-state index contributed by atoms with van der Waals surface area (Å²) >= 11 is 7.94. The Kier molecular flexibility index (Phi) is 4.86. The molecule has 0 N–H and O–H groups in total. The van der Waals surface area contributed by atoms with Gasteiger partial charge in [-0.05, 0) is 42.3 Å². The summed E-state index contributed by atoms with van der Waals surface area (Å²) in [6, 6.07) is 13.5. The number of nitrogens with zero attached hydrogens (tertiary/aromatic N) is 5. The maximum absolute atomic E-state index is 14.3. The minimum absolute atomic E-state index is 0.115. The van der Waals surface area contributed by atoms with Crippen LogP contribution < -0.4 is 0 Å². The molecule has 32 heavy (non-hydrogen) atoms. The molecular formula is C24H21ClFN5S. The van der Waals surface area contributed by atoms with Gasteiger partial charge < -0.3 is 0 Å². The summed E-state index contributed by atoms with van der Waals surface area (Å²) < 4.78 is 16.2. The number of halogens is 2. The molecule has 2 aliphatic rings. The number of rotatable bonds is 3. The van der Waals surface area contributed by atoms with E-state index in [0.29, 0.717) is 11.6 Å². The zero-order valence-electron chi connectivity index (χ0n) is 17.4. The van der Waals surface area contributed by atoms with Gasteiger partial charge in [0.2, 0.25) is 0 Å². The maximum atomic E-state index is 14.3. The van der Waals surface area contributed by atoms with E-state index >= 15 is 0 Å². The molecule has 0 bridgehead atoms. The molecule has 2 aliphatic heterocycles. The average molecular weight is 466 g/mol. The second kappa shape index (κ2) is 7.76. The van der Waals surface area contributed by atoms with Crippen LogP contribution in [-0.2, 0) is 19.5 Å². The Hall–Kier alpha value is -2.61. The van der Waals surface area contributed by atoms with E-state index in [1.165, 1.54) is 10.4 Å². The topological polar surface area (TPSA) is 46.8 Å². The average Bonchev–Trinajstić information content (AvgIpc) is 3.45. The summed E-state index contributed by atoms with van der Waals surface area (Å²) in [5.74, 6) is 0.00636. The quantitative estimate of drug-likeness (QED) is 0.402. The van der Waals surface area contributed by atoms with Gasteiger partial charge in [0.15, 0.2) is 0 Å². The first kappa shape index (κ1) is 20.0. The highest BCUT2D eigenvalue weighted by atomic mass is 35.5. The molecule has 4 aromatic rings. The third kappa shape index (κ3) is 3.36.